The fraction of sp³-hybridized carbons (Fsp3) is 0. The van der Waals surface area contributed by atoms with Crippen LogP contribution in [0.4, 0.5) is 0 Å². The number of benzene rings is 2. The molecule has 0 aliphatic heterocycles. The molecule has 1 heterocycles. The van der Waals surface area contributed by atoms with Crippen LogP contribution in [-0.2, 0) is 0 Å². The molecule has 0 bridgehead atoms. The molecule has 0 aliphatic carbocycles. The van der Waals surface area contributed by atoms with Gasteiger partial charge in [0.15, 0.2) is 0 Å². The van der Waals surface area contributed by atoms with Crippen molar-refractivity contribution in [3.8, 4) is 0 Å². The molecule has 3 rings (SSSR count). The van der Waals surface area contributed by atoms with Crippen LogP contribution in [0.3, 0.4) is 0 Å². The summed E-state index contributed by atoms with van der Waals surface area (Å²) in [7, 11) is 0. The number of aromatic nitrogens is 1. The molecule has 1 radical (unpaired) electrons. The lowest BCUT2D eigenvalue weighted by Crippen LogP contribution is -1.73. The van der Waals surface area contributed by atoms with Crippen LogP contribution in [0.15, 0.2) is 42.5 Å². The Labute approximate surface area is 82.4 Å². The number of rotatable bonds is 0. The van der Waals surface area contributed by atoms with Gasteiger partial charge in [-0.05, 0) is 18.6 Å². The summed E-state index contributed by atoms with van der Waals surface area (Å²) < 4.78 is 0. The van der Waals surface area contributed by atoms with Crippen LogP contribution >= 0.6 is 0 Å². The van der Waals surface area contributed by atoms with E-state index in [4.69, 9.17) is 0 Å². The molecule has 1 N–H and O–H groups in total. The first-order valence-corrected chi connectivity index (χ1v) is 4.67. The summed E-state index contributed by atoms with van der Waals surface area (Å²) in [4.78, 5) is 3.38. The van der Waals surface area contributed by atoms with Crippen molar-refractivity contribution in [1.29, 1.82) is 0 Å². The minimum Gasteiger partial charge on any atom is -0.354 e. The number of para-hydroxylation sites is 2. The zero-order valence-electron chi connectivity index (χ0n) is 7.75. The van der Waals surface area contributed by atoms with E-state index in [1.807, 2.05) is 18.2 Å². The van der Waals surface area contributed by atoms with E-state index >= 15 is 0 Å². The number of aromatic amines is 1. The smallest absolute Gasteiger partial charge is 0.0497 e. The predicted octanol–water partition coefficient (Wildman–Crippen LogP) is 3.50. The summed E-state index contributed by atoms with van der Waals surface area (Å²) in [6, 6.07) is 14.5. The van der Waals surface area contributed by atoms with E-state index in [-0.39, 0.29) is 0 Å². The van der Waals surface area contributed by atoms with Crippen molar-refractivity contribution in [3.63, 3.8) is 0 Å². The summed E-state index contributed by atoms with van der Waals surface area (Å²) >= 11 is 0. The Morgan fingerprint density at radius 3 is 2.57 bits per heavy atom. The first-order chi connectivity index (χ1) is 6.86. The summed E-state index contributed by atoms with van der Waals surface area (Å²) in [5, 5.41) is 2.53. The predicted molar refractivity (Wildman–Crippen MR) is 60.3 cm³/mol. The molecule has 0 spiro atoms. The molecule has 0 fully saturated rings. The molecule has 2 aromatic carbocycles. The van der Waals surface area contributed by atoms with Crippen molar-refractivity contribution in [3.05, 3.63) is 55.0 Å². The molecule has 1 aromatic heterocycles. The second-order valence-electron chi connectivity index (χ2n) is 3.51. The van der Waals surface area contributed by atoms with Crippen molar-refractivity contribution in [2.75, 3.05) is 0 Å². The third kappa shape index (κ3) is 0.896. The molecule has 1 nitrogen and oxygen atoms in total. The van der Waals surface area contributed by atoms with E-state index < -0.39 is 0 Å². The van der Waals surface area contributed by atoms with Gasteiger partial charge in [0.2, 0.25) is 0 Å². The Kier molecular flexibility index (Phi) is 1.42. The zero-order chi connectivity index (χ0) is 9.54. The molecular formula is C13H10N. The van der Waals surface area contributed by atoms with Crippen LogP contribution in [0.5, 0.6) is 0 Å². The first kappa shape index (κ1) is 7.63. The maximum absolute atomic E-state index is 4.01. The normalized spacial score (nSPS) is 11.2. The largest absolute Gasteiger partial charge is 0.354 e. The summed E-state index contributed by atoms with van der Waals surface area (Å²) in [5.41, 5.74) is 3.38. The van der Waals surface area contributed by atoms with Crippen LogP contribution < -0.4 is 0 Å². The fourth-order valence-electron chi connectivity index (χ4n) is 1.93. The standard InChI is InChI=1S/C13H10N/c1-9-5-4-7-11-10-6-2-3-8-12(10)14-13(9)11/h2-8,14H,1H2. The lowest BCUT2D eigenvalue weighted by Gasteiger charge is -1.93. The average Bonchev–Trinajstić information content (AvgIpc) is 2.59. The van der Waals surface area contributed by atoms with Gasteiger partial charge in [-0.15, -0.1) is 0 Å². The van der Waals surface area contributed by atoms with Gasteiger partial charge in [0.05, 0.1) is 0 Å². The summed E-state index contributed by atoms with van der Waals surface area (Å²) in [5.74, 6) is 0. The molecule has 0 unspecified atom stereocenters. The number of hydrogen-bond acceptors (Lipinski definition) is 0. The number of nitrogens with one attached hydrogen (secondary N) is 1. The molecule has 3 aromatic rings. The van der Waals surface area contributed by atoms with Gasteiger partial charge in [-0.25, -0.2) is 0 Å². The van der Waals surface area contributed by atoms with Crippen LogP contribution in [0.2, 0.25) is 0 Å². The molecule has 1 heteroatoms. The molecule has 0 amide bonds. The topological polar surface area (TPSA) is 15.8 Å². The van der Waals surface area contributed by atoms with Gasteiger partial charge < -0.3 is 4.98 Å². The molecule has 67 valence electrons. The van der Waals surface area contributed by atoms with Crippen molar-refractivity contribution in [1.82, 2.24) is 4.98 Å². The minimum atomic E-state index is 1.05. The molecular weight excluding hydrogens is 170 g/mol. The number of fused-ring (bicyclic) bond motifs is 3. The van der Waals surface area contributed by atoms with E-state index in [0.717, 1.165) is 11.1 Å². The molecule has 0 atom stereocenters. The molecule has 0 aliphatic rings. The van der Waals surface area contributed by atoms with Gasteiger partial charge in [-0.1, -0.05) is 36.4 Å². The Morgan fingerprint density at radius 1 is 0.857 bits per heavy atom. The van der Waals surface area contributed by atoms with Crippen LogP contribution in [0.1, 0.15) is 5.56 Å². The minimum absolute atomic E-state index is 1.05. The molecule has 0 saturated heterocycles. The maximum Gasteiger partial charge on any atom is 0.0497 e. The van der Waals surface area contributed by atoms with Gasteiger partial charge in [0, 0.05) is 21.8 Å². The quantitative estimate of drug-likeness (QED) is 0.545. The lowest BCUT2D eigenvalue weighted by molar-refractivity contribution is 1.52. The van der Waals surface area contributed by atoms with Gasteiger partial charge >= 0.3 is 0 Å². The van der Waals surface area contributed by atoms with Crippen LogP contribution in [0.25, 0.3) is 21.8 Å². The highest BCUT2D eigenvalue weighted by molar-refractivity contribution is 6.08. The molecule has 0 saturated carbocycles. The van der Waals surface area contributed by atoms with E-state index in [1.165, 1.54) is 16.3 Å². The third-order valence-corrected chi connectivity index (χ3v) is 2.63. The molecule has 14 heavy (non-hydrogen) atoms. The average molecular weight is 180 g/mol. The van der Waals surface area contributed by atoms with Gasteiger partial charge in [-0.3, -0.25) is 0 Å². The fourth-order valence-corrected chi connectivity index (χ4v) is 1.93. The monoisotopic (exact) mass is 180 g/mol. The van der Waals surface area contributed by atoms with Gasteiger partial charge in [0.1, 0.15) is 0 Å². The van der Waals surface area contributed by atoms with Gasteiger partial charge in [-0.2, -0.15) is 0 Å². The Hall–Kier alpha value is -1.76. The SMILES string of the molecule is [CH2]c1cccc2c1[nH]c1ccccc12. The number of H-pyrrole nitrogens is 1. The van der Waals surface area contributed by atoms with E-state index in [2.05, 4.69) is 36.2 Å². The summed E-state index contributed by atoms with van der Waals surface area (Å²) in [6.45, 7) is 4.01. The zero-order valence-corrected chi connectivity index (χ0v) is 7.75. The van der Waals surface area contributed by atoms with E-state index in [1.54, 1.807) is 0 Å². The maximum atomic E-state index is 4.01. The Bertz CT molecular complexity index is 605. The van der Waals surface area contributed by atoms with Crippen molar-refractivity contribution in [2.45, 2.75) is 0 Å². The third-order valence-electron chi connectivity index (χ3n) is 2.63. The van der Waals surface area contributed by atoms with Gasteiger partial charge in [0.25, 0.3) is 0 Å². The van der Waals surface area contributed by atoms with Crippen molar-refractivity contribution >= 4 is 21.8 Å². The highest BCUT2D eigenvalue weighted by atomic mass is 14.7. The number of hydrogen-bond donors (Lipinski definition) is 1. The second-order valence-corrected chi connectivity index (χ2v) is 3.51. The van der Waals surface area contributed by atoms with E-state index in [9.17, 15) is 0 Å². The lowest BCUT2D eigenvalue weighted by atomic mass is 10.1. The van der Waals surface area contributed by atoms with E-state index in [0.29, 0.717) is 0 Å². The van der Waals surface area contributed by atoms with Crippen molar-refractivity contribution < 1.29 is 0 Å². The highest BCUT2D eigenvalue weighted by Crippen LogP contribution is 2.26. The second kappa shape index (κ2) is 2.61. The van der Waals surface area contributed by atoms with Crippen molar-refractivity contribution in [2.24, 2.45) is 0 Å². The van der Waals surface area contributed by atoms with Crippen LogP contribution in [-0.4, -0.2) is 4.98 Å². The first-order valence-electron chi connectivity index (χ1n) is 4.67. The summed E-state index contributed by atoms with van der Waals surface area (Å²) in [6.07, 6.45) is 0. The highest BCUT2D eigenvalue weighted by Gasteiger charge is 2.03. The van der Waals surface area contributed by atoms with Crippen LogP contribution in [0, 0.1) is 6.92 Å². The Morgan fingerprint density at radius 2 is 1.64 bits per heavy atom. The Balaban J connectivity index is 2.63.